The van der Waals surface area contributed by atoms with Crippen LogP contribution in [0.5, 0.6) is 0 Å². The molecule has 4 heteroatoms. The first-order valence-electron chi connectivity index (χ1n) is 4.12. The Morgan fingerprint density at radius 3 is 2.75 bits per heavy atom. The lowest BCUT2D eigenvalue weighted by atomic mass is 10.2. The zero-order valence-corrected chi connectivity index (χ0v) is 7.57. The summed E-state index contributed by atoms with van der Waals surface area (Å²) in [4.78, 5) is 0. The van der Waals surface area contributed by atoms with Crippen molar-refractivity contribution >= 4 is 0 Å². The van der Waals surface area contributed by atoms with E-state index in [2.05, 4.69) is 0 Å². The van der Waals surface area contributed by atoms with E-state index in [0.29, 0.717) is 6.61 Å². The van der Waals surface area contributed by atoms with E-state index in [9.17, 15) is 0 Å². The number of rotatable bonds is 1. The zero-order valence-electron chi connectivity index (χ0n) is 7.57. The third-order valence-corrected chi connectivity index (χ3v) is 2.15. The van der Waals surface area contributed by atoms with Gasteiger partial charge in [-0.15, -0.1) is 0 Å². The van der Waals surface area contributed by atoms with Crippen LogP contribution in [0, 0.1) is 0 Å². The molecule has 0 aromatic heterocycles. The Kier molecular flexibility index (Phi) is 1.88. The molecule has 0 amide bonds. The molecule has 2 fully saturated rings. The standard InChI is InChI=1S/C8H14O4/c1-8(2)11-5-4-10-7(9-3)6(5)12-8/h5-7H,4H2,1-3H3/t5?,6?,7-/m1/s1. The van der Waals surface area contributed by atoms with Gasteiger partial charge < -0.3 is 18.9 Å². The Bertz CT molecular complexity index is 180. The predicted molar refractivity (Wildman–Crippen MR) is 40.6 cm³/mol. The third kappa shape index (κ3) is 1.25. The summed E-state index contributed by atoms with van der Waals surface area (Å²) in [6, 6.07) is 0. The van der Waals surface area contributed by atoms with E-state index in [1.54, 1.807) is 7.11 Å². The summed E-state index contributed by atoms with van der Waals surface area (Å²) in [6.45, 7) is 4.36. The van der Waals surface area contributed by atoms with Crippen LogP contribution in [0.2, 0.25) is 0 Å². The summed E-state index contributed by atoms with van der Waals surface area (Å²) in [5.74, 6) is -0.490. The monoisotopic (exact) mass is 174 g/mol. The van der Waals surface area contributed by atoms with Gasteiger partial charge in [-0.3, -0.25) is 0 Å². The van der Waals surface area contributed by atoms with E-state index in [-0.39, 0.29) is 18.5 Å². The number of ether oxygens (including phenoxy) is 4. The molecule has 2 heterocycles. The molecular formula is C8H14O4. The van der Waals surface area contributed by atoms with Gasteiger partial charge in [-0.05, 0) is 13.8 Å². The molecule has 0 spiro atoms. The fraction of sp³-hybridized carbons (Fsp3) is 1.00. The van der Waals surface area contributed by atoms with E-state index < -0.39 is 5.79 Å². The van der Waals surface area contributed by atoms with Gasteiger partial charge in [-0.1, -0.05) is 0 Å². The van der Waals surface area contributed by atoms with E-state index >= 15 is 0 Å². The SMILES string of the molecule is CO[C@@H]1OCC2OC(C)(C)OC21. The van der Waals surface area contributed by atoms with Crippen molar-refractivity contribution in [1.82, 2.24) is 0 Å². The second kappa shape index (κ2) is 2.67. The van der Waals surface area contributed by atoms with E-state index in [1.165, 1.54) is 0 Å². The summed E-state index contributed by atoms with van der Waals surface area (Å²) in [7, 11) is 1.61. The van der Waals surface area contributed by atoms with Gasteiger partial charge in [0, 0.05) is 7.11 Å². The van der Waals surface area contributed by atoms with Gasteiger partial charge in [0.1, 0.15) is 12.2 Å². The molecule has 2 aliphatic heterocycles. The van der Waals surface area contributed by atoms with Crippen LogP contribution in [0.4, 0.5) is 0 Å². The Hall–Kier alpha value is -0.160. The van der Waals surface area contributed by atoms with Gasteiger partial charge in [0.15, 0.2) is 12.1 Å². The van der Waals surface area contributed by atoms with Crippen molar-refractivity contribution in [2.24, 2.45) is 0 Å². The van der Waals surface area contributed by atoms with Gasteiger partial charge in [0.2, 0.25) is 0 Å². The fourth-order valence-electron chi connectivity index (χ4n) is 1.71. The molecule has 3 atom stereocenters. The minimum absolute atomic E-state index is 0.0324. The van der Waals surface area contributed by atoms with Crippen LogP contribution >= 0.6 is 0 Å². The molecular weight excluding hydrogens is 160 g/mol. The second-order valence-corrected chi connectivity index (χ2v) is 3.58. The maximum atomic E-state index is 5.60. The van der Waals surface area contributed by atoms with Crippen molar-refractivity contribution in [2.45, 2.75) is 38.1 Å². The maximum Gasteiger partial charge on any atom is 0.186 e. The van der Waals surface area contributed by atoms with Gasteiger partial charge in [0.05, 0.1) is 6.61 Å². The Balaban J connectivity index is 2.06. The minimum atomic E-state index is -0.490. The van der Waals surface area contributed by atoms with Crippen LogP contribution < -0.4 is 0 Å². The highest BCUT2D eigenvalue weighted by atomic mass is 16.8. The van der Waals surface area contributed by atoms with Crippen molar-refractivity contribution in [3.8, 4) is 0 Å². The quantitative estimate of drug-likeness (QED) is 0.580. The highest BCUT2D eigenvalue weighted by molar-refractivity contribution is 4.88. The van der Waals surface area contributed by atoms with Gasteiger partial charge >= 0.3 is 0 Å². The average Bonchev–Trinajstić information content (AvgIpc) is 2.42. The van der Waals surface area contributed by atoms with Crippen LogP contribution in [0.3, 0.4) is 0 Å². The van der Waals surface area contributed by atoms with Gasteiger partial charge in [-0.2, -0.15) is 0 Å². The van der Waals surface area contributed by atoms with Crippen LogP contribution in [0.25, 0.3) is 0 Å². The van der Waals surface area contributed by atoms with Crippen LogP contribution in [-0.2, 0) is 18.9 Å². The van der Waals surface area contributed by atoms with E-state index in [1.807, 2.05) is 13.8 Å². The topological polar surface area (TPSA) is 36.9 Å². The highest BCUT2D eigenvalue weighted by Gasteiger charge is 2.50. The Labute approximate surface area is 71.7 Å². The molecule has 0 saturated carbocycles. The van der Waals surface area contributed by atoms with Crippen molar-refractivity contribution < 1.29 is 18.9 Å². The summed E-state index contributed by atoms with van der Waals surface area (Å²) < 4.78 is 21.6. The highest BCUT2D eigenvalue weighted by Crippen LogP contribution is 2.35. The lowest BCUT2D eigenvalue weighted by Gasteiger charge is -2.20. The molecule has 70 valence electrons. The van der Waals surface area contributed by atoms with Crippen molar-refractivity contribution in [2.75, 3.05) is 13.7 Å². The lowest BCUT2D eigenvalue weighted by Crippen LogP contribution is -2.30. The minimum Gasteiger partial charge on any atom is -0.353 e. The zero-order chi connectivity index (χ0) is 8.77. The Morgan fingerprint density at radius 1 is 1.33 bits per heavy atom. The van der Waals surface area contributed by atoms with Gasteiger partial charge in [-0.25, -0.2) is 0 Å². The van der Waals surface area contributed by atoms with Crippen molar-refractivity contribution in [3.63, 3.8) is 0 Å². The molecule has 0 aromatic rings. The third-order valence-electron chi connectivity index (χ3n) is 2.15. The number of hydrogen-bond donors (Lipinski definition) is 0. The smallest absolute Gasteiger partial charge is 0.186 e. The van der Waals surface area contributed by atoms with Crippen LogP contribution in [0.15, 0.2) is 0 Å². The molecule has 2 rings (SSSR count). The summed E-state index contributed by atoms with van der Waals surface area (Å²) in [6.07, 6.45) is -0.299. The van der Waals surface area contributed by atoms with Crippen LogP contribution in [0.1, 0.15) is 13.8 Å². The number of hydrogen-bond acceptors (Lipinski definition) is 4. The average molecular weight is 174 g/mol. The first kappa shape index (κ1) is 8.44. The predicted octanol–water partition coefficient (Wildman–Crippen LogP) is 0.509. The molecule has 4 nitrogen and oxygen atoms in total. The van der Waals surface area contributed by atoms with E-state index in [0.717, 1.165) is 0 Å². The molecule has 0 N–H and O–H groups in total. The van der Waals surface area contributed by atoms with Crippen LogP contribution in [-0.4, -0.2) is 38.0 Å². The normalized spacial score (nSPS) is 44.8. The first-order chi connectivity index (χ1) is 5.62. The lowest BCUT2D eigenvalue weighted by molar-refractivity contribution is -0.212. The van der Waals surface area contributed by atoms with Crippen molar-refractivity contribution in [1.29, 1.82) is 0 Å². The molecule has 0 radical (unpaired) electrons. The summed E-state index contributed by atoms with van der Waals surface area (Å²) >= 11 is 0. The van der Waals surface area contributed by atoms with E-state index in [4.69, 9.17) is 18.9 Å². The fourth-order valence-corrected chi connectivity index (χ4v) is 1.71. The molecule has 0 aliphatic carbocycles. The number of methoxy groups -OCH3 is 1. The van der Waals surface area contributed by atoms with Crippen molar-refractivity contribution in [3.05, 3.63) is 0 Å². The molecule has 2 aliphatic rings. The Morgan fingerprint density at radius 2 is 2.08 bits per heavy atom. The maximum absolute atomic E-state index is 5.60. The molecule has 0 bridgehead atoms. The largest absolute Gasteiger partial charge is 0.353 e. The summed E-state index contributed by atoms with van der Waals surface area (Å²) in [5, 5.41) is 0. The molecule has 12 heavy (non-hydrogen) atoms. The molecule has 2 saturated heterocycles. The molecule has 2 unspecified atom stereocenters. The summed E-state index contributed by atoms with van der Waals surface area (Å²) in [5.41, 5.74) is 0. The number of fused-ring (bicyclic) bond motifs is 1. The first-order valence-corrected chi connectivity index (χ1v) is 4.12. The molecule has 0 aromatic carbocycles. The van der Waals surface area contributed by atoms with Gasteiger partial charge in [0.25, 0.3) is 0 Å². The second-order valence-electron chi connectivity index (χ2n) is 3.58.